The third-order valence-electron chi connectivity index (χ3n) is 3.42. The number of aromatic nitrogens is 1. The van der Waals surface area contributed by atoms with Gasteiger partial charge in [-0.05, 0) is 30.7 Å². The van der Waals surface area contributed by atoms with Crippen LogP contribution in [0.3, 0.4) is 0 Å². The van der Waals surface area contributed by atoms with Crippen LogP contribution in [-0.2, 0) is 9.53 Å². The number of nitrogens with one attached hydrogen (secondary N) is 1. The summed E-state index contributed by atoms with van der Waals surface area (Å²) >= 11 is 1.18. The number of benzene rings is 1. The Labute approximate surface area is 155 Å². The Hall–Kier alpha value is -2.74. The second-order valence-electron chi connectivity index (χ2n) is 5.40. The molecular weight excluding hydrogens is 356 g/mol. The summed E-state index contributed by atoms with van der Waals surface area (Å²) in [5.41, 5.74) is 0.977. The van der Waals surface area contributed by atoms with Crippen LogP contribution in [0.2, 0.25) is 0 Å². The third kappa shape index (κ3) is 4.45. The number of hydrogen-bond donors (Lipinski definition) is 1. The van der Waals surface area contributed by atoms with Crippen LogP contribution in [0.4, 0.5) is 5.69 Å². The van der Waals surface area contributed by atoms with Crippen LogP contribution in [0.15, 0.2) is 41.6 Å². The molecule has 2 aromatic rings. The minimum atomic E-state index is -0.432. The monoisotopic (exact) mass is 374 g/mol. The van der Waals surface area contributed by atoms with Gasteiger partial charge in [0.25, 0.3) is 0 Å². The van der Waals surface area contributed by atoms with Crippen molar-refractivity contribution < 1.29 is 23.8 Å². The Balaban J connectivity index is 1.58. The van der Waals surface area contributed by atoms with Gasteiger partial charge in [0.05, 0.1) is 17.9 Å². The summed E-state index contributed by atoms with van der Waals surface area (Å²) < 4.78 is 15.7. The molecule has 0 aliphatic carbocycles. The molecule has 1 aromatic carbocycles. The van der Waals surface area contributed by atoms with Crippen LogP contribution < -0.4 is 14.8 Å². The molecule has 1 amide bonds. The molecule has 26 heavy (non-hydrogen) atoms. The summed E-state index contributed by atoms with van der Waals surface area (Å²) in [5.74, 6) is 0.715. The second-order valence-corrected chi connectivity index (χ2v) is 6.36. The number of fused-ring (bicyclic) bond motifs is 1. The van der Waals surface area contributed by atoms with Gasteiger partial charge < -0.3 is 19.5 Å². The average Bonchev–Trinajstić information content (AvgIpc) is 3.12. The second kappa shape index (κ2) is 8.57. The minimum Gasteiger partial charge on any atom is -0.462 e. The number of anilines is 1. The van der Waals surface area contributed by atoms with Crippen molar-refractivity contribution in [3.8, 4) is 11.5 Å². The summed E-state index contributed by atoms with van der Waals surface area (Å²) in [6.45, 7) is 2.45. The molecule has 0 saturated heterocycles. The molecule has 0 radical (unpaired) electrons. The van der Waals surface area contributed by atoms with Crippen molar-refractivity contribution in [2.75, 3.05) is 24.5 Å². The summed E-state index contributed by atoms with van der Waals surface area (Å²) in [6, 6.07) is 8.50. The van der Waals surface area contributed by atoms with Crippen molar-refractivity contribution in [3.05, 3.63) is 42.1 Å². The first-order chi connectivity index (χ1) is 12.7. The van der Waals surface area contributed by atoms with E-state index in [0.29, 0.717) is 34.4 Å². The van der Waals surface area contributed by atoms with E-state index in [1.807, 2.05) is 6.92 Å². The normalized spacial score (nSPS) is 11.9. The first-order valence-electron chi connectivity index (χ1n) is 8.12. The van der Waals surface area contributed by atoms with E-state index in [4.69, 9.17) is 14.2 Å². The molecule has 0 fully saturated rings. The highest BCUT2D eigenvalue weighted by atomic mass is 32.2. The van der Waals surface area contributed by atoms with Gasteiger partial charge in [-0.25, -0.2) is 9.78 Å². The first-order valence-corrected chi connectivity index (χ1v) is 9.10. The Morgan fingerprint density at radius 1 is 1.27 bits per heavy atom. The van der Waals surface area contributed by atoms with Crippen LogP contribution in [0.1, 0.15) is 23.7 Å². The van der Waals surface area contributed by atoms with Crippen molar-refractivity contribution in [2.24, 2.45) is 0 Å². The van der Waals surface area contributed by atoms with Crippen molar-refractivity contribution in [3.63, 3.8) is 0 Å². The largest absolute Gasteiger partial charge is 0.462 e. The molecular formula is C18H18N2O5S. The number of thioether (sulfide) groups is 1. The van der Waals surface area contributed by atoms with Crippen LogP contribution in [-0.4, -0.2) is 36.0 Å². The lowest BCUT2D eigenvalue weighted by Crippen LogP contribution is -2.15. The van der Waals surface area contributed by atoms with Crippen LogP contribution in [0.25, 0.3) is 0 Å². The molecule has 0 spiro atoms. The summed E-state index contributed by atoms with van der Waals surface area (Å²) in [5, 5.41) is 3.25. The SMILES string of the molecule is CCCOC(=O)c1cccnc1SCC(=O)Nc1ccc2c(c1)OCO2. The lowest BCUT2D eigenvalue weighted by molar-refractivity contribution is -0.113. The number of ether oxygens (including phenoxy) is 3. The van der Waals surface area contributed by atoms with Crippen LogP contribution in [0, 0.1) is 0 Å². The number of nitrogens with zero attached hydrogens (tertiary/aromatic N) is 1. The van der Waals surface area contributed by atoms with Crippen molar-refractivity contribution in [1.29, 1.82) is 0 Å². The highest BCUT2D eigenvalue weighted by Crippen LogP contribution is 2.34. The number of pyridine rings is 1. The topological polar surface area (TPSA) is 86.8 Å². The summed E-state index contributed by atoms with van der Waals surface area (Å²) in [6.07, 6.45) is 2.32. The average molecular weight is 374 g/mol. The molecule has 7 nitrogen and oxygen atoms in total. The van der Waals surface area contributed by atoms with Crippen molar-refractivity contribution in [2.45, 2.75) is 18.4 Å². The number of hydrogen-bond acceptors (Lipinski definition) is 7. The quantitative estimate of drug-likeness (QED) is 0.588. The Kier molecular flexibility index (Phi) is 5.96. The van der Waals surface area contributed by atoms with E-state index >= 15 is 0 Å². The molecule has 3 rings (SSSR count). The molecule has 2 heterocycles. The van der Waals surface area contributed by atoms with E-state index < -0.39 is 5.97 Å². The van der Waals surface area contributed by atoms with Crippen LogP contribution in [0.5, 0.6) is 11.5 Å². The molecule has 0 bridgehead atoms. The number of carbonyl (C=O) groups is 2. The standard InChI is InChI=1S/C18H18N2O5S/c1-2-8-23-18(22)13-4-3-7-19-17(13)26-10-16(21)20-12-5-6-14-15(9-12)25-11-24-14/h3-7,9H,2,8,10-11H2,1H3,(H,20,21). The fourth-order valence-corrected chi connectivity index (χ4v) is 3.02. The smallest absolute Gasteiger partial charge is 0.340 e. The number of amides is 1. The van der Waals surface area contributed by atoms with E-state index in [0.717, 1.165) is 6.42 Å². The van der Waals surface area contributed by atoms with Gasteiger partial charge in [0, 0.05) is 18.0 Å². The Bertz CT molecular complexity index is 812. The summed E-state index contributed by atoms with van der Waals surface area (Å²) in [4.78, 5) is 28.4. The van der Waals surface area contributed by atoms with Crippen molar-refractivity contribution in [1.82, 2.24) is 4.98 Å². The van der Waals surface area contributed by atoms with Gasteiger partial charge in [0.1, 0.15) is 5.03 Å². The highest BCUT2D eigenvalue weighted by Gasteiger charge is 2.17. The van der Waals surface area contributed by atoms with Gasteiger partial charge in [0.15, 0.2) is 11.5 Å². The van der Waals surface area contributed by atoms with Gasteiger partial charge in [-0.2, -0.15) is 0 Å². The van der Waals surface area contributed by atoms with E-state index in [1.54, 1.807) is 36.5 Å². The maximum absolute atomic E-state index is 12.2. The molecule has 136 valence electrons. The number of carbonyl (C=O) groups excluding carboxylic acids is 2. The fraction of sp³-hybridized carbons (Fsp3) is 0.278. The molecule has 0 atom stereocenters. The molecule has 8 heteroatoms. The molecule has 1 aliphatic heterocycles. The lowest BCUT2D eigenvalue weighted by atomic mass is 10.3. The van der Waals surface area contributed by atoms with Gasteiger partial charge >= 0.3 is 5.97 Å². The van der Waals surface area contributed by atoms with E-state index in [-0.39, 0.29) is 18.5 Å². The summed E-state index contributed by atoms with van der Waals surface area (Å²) in [7, 11) is 0. The zero-order valence-electron chi connectivity index (χ0n) is 14.2. The maximum atomic E-state index is 12.2. The zero-order valence-corrected chi connectivity index (χ0v) is 15.0. The molecule has 1 aliphatic rings. The van der Waals surface area contributed by atoms with Gasteiger partial charge in [-0.1, -0.05) is 18.7 Å². The molecule has 0 unspecified atom stereocenters. The predicted octanol–water partition coefficient (Wildman–Crippen LogP) is 3.11. The zero-order chi connectivity index (χ0) is 18.4. The van der Waals surface area contributed by atoms with Gasteiger partial charge in [-0.15, -0.1) is 0 Å². The van der Waals surface area contributed by atoms with Gasteiger partial charge in [0.2, 0.25) is 12.7 Å². The molecule has 1 N–H and O–H groups in total. The van der Waals surface area contributed by atoms with E-state index in [2.05, 4.69) is 10.3 Å². The Morgan fingerprint density at radius 2 is 2.12 bits per heavy atom. The minimum absolute atomic E-state index is 0.111. The van der Waals surface area contributed by atoms with Crippen LogP contribution >= 0.6 is 11.8 Å². The highest BCUT2D eigenvalue weighted by molar-refractivity contribution is 8.00. The van der Waals surface area contributed by atoms with E-state index in [1.165, 1.54) is 11.8 Å². The predicted molar refractivity (Wildman–Crippen MR) is 96.7 cm³/mol. The third-order valence-corrected chi connectivity index (χ3v) is 4.43. The Morgan fingerprint density at radius 3 is 2.96 bits per heavy atom. The lowest BCUT2D eigenvalue weighted by Gasteiger charge is -2.09. The fourth-order valence-electron chi connectivity index (χ4n) is 2.24. The van der Waals surface area contributed by atoms with Crippen molar-refractivity contribution >= 4 is 29.3 Å². The van der Waals surface area contributed by atoms with Gasteiger partial charge in [-0.3, -0.25) is 4.79 Å². The number of rotatable bonds is 7. The van der Waals surface area contributed by atoms with E-state index in [9.17, 15) is 9.59 Å². The first kappa shape index (κ1) is 18.1. The number of esters is 1. The molecule has 0 saturated carbocycles. The molecule has 1 aromatic heterocycles. The maximum Gasteiger partial charge on any atom is 0.340 e.